The van der Waals surface area contributed by atoms with Crippen LogP contribution < -0.4 is 5.32 Å². The van der Waals surface area contributed by atoms with E-state index in [1.54, 1.807) is 24.3 Å². The molecule has 0 bridgehead atoms. The van der Waals surface area contributed by atoms with Crippen LogP contribution in [-0.2, 0) is 20.9 Å². The van der Waals surface area contributed by atoms with Gasteiger partial charge >= 0.3 is 5.97 Å². The van der Waals surface area contributed by atoms with E-state index in [9.17, 15) is 18.4 Å². The lowest BCUT2D eigenvalue weighted by atomic mass is 10.1. The molecule has 5 nitrogen and oxygen atoms in total. The van der Waals surface area contributed by atoms with Gasteiger partial charge in [0.25, 0.3) is 5.91 Å². The lowest BCUT2D eigenvalue weighted by Gasteiger charge is -2.14. The van der Waals surface area contributed by atoms with E-state index >= 15 is 0 Å². The Hall–Kier alpha value is -2.80. The maximum atomic E-state index is 13.5. The summed E-state index contributed by atoms with van der Waals surface area (Å²) in [5.41, 5.74) is 0.848. The van der Waals surface area contributed by atoms with Gasteiger partial charge in [0.05, 0.1) is 17.9 Å². The summed E-state index contributed by atoms with van der Waals surface area (Å²) >= 11 is 0. The molecule has 1 amide bonds. The number of carbonyl (C=O) groups excluding carboxylic acids is 2. The molecule has 0 aliphatic heterocycles. The van der Waals surface area contributed by atoms with Crippen LogP contribution >= 0.6 is 0 Å². The second kappa shape index (κ2) is 8.34. The summed E-state index contributed by atoms with van der Waals surface area (Å²) in [6.45, 7) is 1.69. The molecular formula is C18H17F2NO4. The van der Waals surface area contributed by atoms with Crippen LogP contribution in [0.3, 0.4) is 0 Å². The molecule has 2 rings (SSSR count). The fourth-order valence-electron chi connectivity index (χ4n) is 2.06. The number of halogens is 2. The highest BCUT2D eigenvalue weighted by molar-refractivity contribution is 5.97. The van der Waals surface area contributed by atoms with Crippen molar-refractivity contribution in [3.8, 4) is 0 Å². The number of amides is 1. The Morgan fingerprint density at radius 2 is 1.92 bits per heavy atom. The average Bonchev–Trinajstić information content (AvgIpc) is 2.57. The van der Waals surface area contributed by atoms with Gasteiger partial charge in [0.1, 0.15) is 11.6 Å². The number of benzene rings is 2. The molecule has 132 valence electrons. The summed E-state index contributed by atoms with van der Waals surface area (Å²) in [6, 6.07) is 9.34. The van der Waals surface area contributed by atoms with E-state index in [-0.39, 0.29) is 11.3 Å². The molecule has 0 saturated carbocycles. The molecule has 0 unspecified atom stereocenters. The van der Waals surface area contributed by atoms with E-state index in [0.717, 1.165) is 17.7 Å². The molecule has 0 radical (unpaired) electrons. The van der Waals surface area contributed by atoms with Gasteiger partial charge in [-0.1, -0.05) is 12.1 Å². The molecule has 0 spiro atoms. The van der Waals surface area contributed by atoms with E-state index in [2.05, 4.69) is 5.32 Å². The van der Waals surface area contributed by atoms with Crippen LogP contribution in [0.5, 0.6) is 0 Å². The lowest BCUT2D eigenvalue weighted by Crippen LogP contribution is -2.30. The van der Waals surface area contributed by atoms with Crippen LogP contribution in [0.2, 0.25) is 0 Å². The molecule has 0 aliphatic rings. The number of carbonyl (C=O) groups is 2. The number of rotatable bonds is 6. The normalized spacial score (nSPS) is 11.7. The van der Waals surface area contributed by atoms with E-state index in [4.69, 9.17) is 9.47 Å². The van der Waals surface area contributed by atoms with E-state index in [0.29, 0.717) is 12.7 Å². The Labute approximate surface area is 143 Å². The molecule has 7 heteroatoms. The second-order valence-electron chi connectivity index (χ2n) is 5.29. The fourth-order valence-corrected chi connectivity index (χ4v) is 2.06. The van der Waals surface area contributed by atoms with Crippen molar-refractivity contribution in [2.45, 2.75) is 19.6 Å². The number of esters is 1. The van der Waals surface area contributed by atoms with Crippen molar-refractivity contribution in [1.29, 1.82) is 0 Å². The molecular weight excluding hydrogens is 332 g/mol. The third kappa shape index (κ3) is 5.09. The summed E-state index contributed by atoms with van der Waals surface area (Å²) in [5.74, 6) is -3.10. The van der Waals surface area contributed by atoms with Crippen molar-refractivity contribution in [2.24, 2.45) is 0 Å². The first kappa shape index (κ1) is 18.5. The minimum absolute atomic E-state index is 0.198. The number of hydrogen-bond acceptors (Lipinski definition) is 4. The number of hydrogen-bond donors (Lipinski definition) is 1. The molecule has 0 saturated heterocycles. The monoisotopic (exact) mass is 349 g/mol. The zero-order valence-electron chi connectivity index (χ0n) is 13.7. The standard InChI is InChI=1S/C18H17F2NO4/c1-11(17(22)21-16-7-6-14(19)9-15(16)20)25-18(23)13-5-3-4-12(8-13)10-24-2/h3-9,11H,10H2,1-2H3,(H,21,22)/t11-/m0/s1. The van der Waals surface area contributed by atoms with Crippen LogP contribution in [0.25, 0.3) is 0 Å². The summed E-state index contributed by atoms with van der Waals surface area (Å²) in [6.07, 6.45) is -1.16. The SMILES string of the molecule is COCc1cccc(C(=O)O[C@@H](C)C(=O)Nc2ccc(F)cc2F)c1. The van der Waals surface area contributed by atoms with Gasteiger partial charge in [-0.3, -0.25) is 4.79 Å². The van der Waals surface area contributed by atoms with E-state index in [1.165, 1.54) is 14.0 Å². The smallest absolute Gasteiger partial charge is 0.338 e. The Kier molecular flexibility index (Phi) is 6.19. The molecule has 2 aromatic rings. The highest BCUT2D eigenvalue weighted by atomic mass is 19.1. The van der Waals surface area contributed by atoms with Crippen LogP contribution in [-0.4, -0.2) is 25.1 Å². The summed E-state index contributed by atoms with van der Waals surface area (Å²) in [4.78, 5) is 24.1. The minimum atomic E-state index is -1.16. The Morgan fingerprint density at radius 1 is 1.16 bits per heavy atom. The van der Waals surface area contributed by atoms with Crippen molar-refractivity contribution in [1.82, 2.24) is 0 Å². The highest BCUT2D eigenvalue weighted by Crippen LogP contribution is 2.16. The molecule has 0 fully saturated rings. The fraction of sp³-hybridized carbons (Fsp3) is 0.222. The number of nitrogens with one attached hydrogen (secondary N) is 1. The van der Waals surface area contributed by atoms with Crippen molar-refractivity contribution in [3.05, 3.63) is 65.2 Å². The van der Waals surface area contributed by atoms with Crippen LogP contribution in [0, 0.1) is 11.6 Å². The number of anilines is 1. The topological polar surface area (TPSA) is 64.6 Å². The van der Waals surface area contributed by atoms with Gasteiger partial charge in [-0.15, -0.1) is 0 Å². The maximum absolute atomic E-state index is 13.5. The van der Waals surface area contributed by atoms with Gasteiger partial charge < -0.3 is 14.8 Å². The third-order valence-corrected chi connectivity index (χ3v) is 3.32. The first-order chi connectivity index (χ1) is 11.9. The Balaban J connectivity index is 2.00. The van der Waals surface area contributed by atoms with Gasteiger partial charge in [0.2, 0.25) is 0 Å². The Morgan fingerprint density at radius 3 is 2.60 bits per heavy atom. The third-order valence-electron chi connectivity index (χ3n) is 3.32. The van der Waals surface area contributed by atoms with Gasteiger partial charge in [-0.05, 0) is 36.8 Å². The largest absolute Gasteiger partial charge is 0.449 e. The second-order valence-corrected chi connectivity index (χ2v) is 5.29. The quantitative estimate of drug-likeness (QED) is 0.813. The van der Waals surface area contributed by atoms with Crippen LogP contribution in [0.1, 0.15) is 22.8 Å². The molecule has 0 aliphatic carbocycles. The predicted molar refractivity (Wildman–Crippen MR) is 87.0 cm³/mol. The molecule has 0 aromatic heterocycles. The average molecular weight is 349 g/mol. The van der Waals surface area contributed by atoms with Crippen LogP contribution in [0.4, 0.5) is 14.5 Å². The zero-order valence-corrected chi connectivity index (χ0v) is 13.7. The molecule has 25 heavy (non-hydrogen) atoms. The minimum Gasteiger partial charge on any atom is -0.449 e. The summed E-state index contributed by atoms with van der Waals surface area (Å²) in [5, 5.41) is 2.25. The van der Waals surface area contributed by atoms with Gasteiger partial charge in [0, 0.05) is 13.2 Å². The van der Waals surface area contributed by atoms with Crippen molar-refractivity contribution < 1.29 is 27.8 Å². The zero-order chi connectivity index (χ0) is 18.4. The first-order valence-electron chi connectivity index (χ1n) is 7.45. The molecule has 1 N–H and O–H groups in total. The van der Waals surface area contributed by atoms with E-state index in [1.807, 2.05) is 0 Å². The summed E-state index contributed by atoms with van der Waals surface area (Å²) < 4.78 is 36.5. The number of methoxy groups -OCH3 is 1. The van der Waals surface area contributed by atoms with E-state index < -0.39 is 29.6 Å². The Bertz CT molecular complexity index is 779. The van der Waals surface area contributed by atoms with Crippen molar-refractivity contribution in [3.63, 3.8) is 0 Å². The molecule has 0 heterocycles. The molecule has 2 aromatic carbocycles. The highest BCUT2D eigenvalue weighted by Gasteiger charge is 2.20. The molecule has 1 atom stereocenters. The predicted octanol–water partition coefficient (Wildman–Crippen LogP) is 3.30. The van der Waals surface area contributed by atoms with Gasteiger partial charge in [-0.2, -0.15) is 0 Å². The number of ether oxygens (including phenoxy) is 2. The van der Waals surface area contributed by atoms with Crippen LogP contribution in [0.15, 0.2) is 42.5 Å². The maximum Gasteiger partial charge on any atom is 0.338 e. The first-order valence-corrected chi connectivity index (χ1v) is 7.45. The van der Waals surface area contributed by atoms with Crippen molar-refractivity contribution in [2.75, 3.05) is 12.4 Å². The van der Waals surface area contributed by atoms with Gasteiger partial charge in [-0.25, -0.2) is 13.6 Å². The van der Waals surface area contributed by atoms with Gasteiger partial charge in [0.15, 0.2) is 6.10 Å². The van der Waals surface area contributed by atoms with Crippen molar-refractivity contribution >= 4 is 17.6 Å². The lowest BCUT2D eigenvalue weighted by molar-refractivity contribution is -0.123. The summed E-state index contributed by atoms with van der Waals surface area (Å²) in [7, 11) is 1.53.